The molecule has 142 valence electrons. The second kappa shape index (κ2) is 8.75. The molecule has 0 aliphatic heterocycles. The molecule has 0 saturated carbocycles. The lowest BCUT2D eigenvalue weighted by molar-refractivity contribution is -0.140. The summed E-state index contributed by atoms with van der Waals surface area (Å²) in [6, 6.07) is 5.58. The number of aromatic nitrogens is 1. The minimum absolute atomic E-state index is 0.00403. The van der Waals surface area contributed by atoms with E-state index in [0.717, 1.165) is 22.3 Å². The van der Waals surface area contributed by atoms with E-state index in [1.165, 1.54) is 0 Å². The van der Waals surface area contributed by atoms with E-state index in [2.05, 4.69) is 15.3 Å². The van der Waals surface area contributed by atoms with Crippen molar-refractivity contribution in [1.29, 1.82) is 0 Å². The molecule has 6 nitrogen and oxygen atoms in total. The topological polar surface area (TPSA) is 81.8 Å². The second-order valence-corrected chi connectivity index (χ2v) is 6.13. The second-order valence-electron chi connectivity index (χ2n) is 5.19. The Bertz CT molecular complexity index is 762. The molecular weight excluding hydrogens is 369 g/mol. The Labute approximate surface area is 152 Å². The number of alkyl halides is 3. The Balaban J connectivity index is 1.84. The number of halogens is 3. The molecule has 0 spiro atoms. The van der Waals surface area contributed by atoms with Gasteiger partial charge in [-0.05, 0) is 24.1 Å². The van der Waals surface area contributed by atoms with Crippen LogP contribution in [0.2, 0.25) is 0 Å². The van der Waals surface area contributed by atoms with Gasteiger partial charge in [-0.2, -0.15) is 13.2 Å². The highest BCUT2D eigenvalue weighted by Gasteiger charge is 2.33. The molecule has 0 aliphatic carbocycles. The Morgan fingerprint density at radius 2 is 2.00 bits per heavy atom. The van der Waals surface area contributed by atoms with Gasteiger partial charge in [0, 0.05) is 11.9 Å². The zero-order valence-electron chi connectivity index (χ0n) is 14.3. The van der Waals surface area contributed by atoms with E-state index in [4.69, 9.17) is 15.2 Å². The minimum Gasteiger partial charge on any atom is -0.493 e. The largest absolute Gasteiger partial charge is 0.493 e. The Kier molecular flexibility index (Phi) is 6.67. The van der Waals surface area contributed by atoms with Crippen molar-refractivity contribution in [3.8, 4) is 11.5 Å². The number of rotatable bonds is 7. The summed E-state index contributed by atoms with van der Waals surface area (Å²) in [4.78, 5) is 7.50. The molecule has 0 fully saturated rings. The molecule has 0 aliphatic rings. The van der Waals surface area contributed by atoms with Gasteiger partial charge in [0.1, 0.15) is 5.01 Å². The van der Waals surface area contributed by atoms with Gasteiger partial charge in [-0.1, -0.05) is 6.07 Å². The molecule has 26 heavy (non-hydrogen) atoms. The molecule has 0 atom stereocenters. The zero-order chi connectivity index (χ0) is 19.2. The molecule has 0 radical (unpaired) electrons. The van der Waals surface area contributed by atoms with Gasteiger partial charge >= 0.3 is 6.18 Å². The number of thiazole rings is 1. The SMILES string of the molecule is COc1ccc(CCNC(N)=NCc2nc(C(F)(F)F)cs2)cc1OC. The Hall–Kier alpha value is -2.49. The van der Waals surface area contributed by atoms with Crippen molar-refractivity contribution in [2.45, 2.75) is 19.1 Å². The van der Waals surface area contributed by atoms with Gasteiger partial charge in [-0.15, -0.1) is 11.3 Å². The van der Waals surface area contributed by atoms with Gasteiger partial charge in [0.05, 0.1) is 20.8 Å². The fraction of sp³-hybridized carbons (Fsp3) is 0.375. The smallest absolute Gasteiger partial charge is 0.434 e. The molecule has 0 bridgehead atoms. The van der Waals surface area contributed by atoms with E-state index < -0.39 is 11.9 Å². The number of hydrogen-bond donors (Lipinski definition) is 2. The van der Waals surface area contributed by atoms with E-state index in [9.17, 15) is 13.2 Å². The van der Waals surface area contributed by atoms with Gasteiger partial charge < -0.3 is 20.5 Å². The summed E-state index contributed by atoms with van der Waals surface area (Å²) < 4.78 is 47.9. The van der Waals surface area contributed by atoms with Crippen molar-refractivity contribution in [3.63, 3.8) is 0 Å². The van der Waals surface area contributed by atoms with Gasteiger partial charge in [0.15, 0.2) is 23.2 Å². The van der Waals surface area contributed by atoms with Crippen molar-refractivity contribution in [3.05, 3.63) is 39.8 Å². The number of nitrogens with zero attached hydrogens (tertiary/aromatic N) is 2. The first-order valence-corrected chi connectivity index (χ1v) is 8.47. The molecule has 1 heterocycles. The summed E-state index contributed by atoms with van der Waals surface area (Å²) >= 11 is 0.899. The van der Waals surface area contributed by atoms with Gasteiger partial charge in [-0.3, -0.25) is 0 Å². The molecule has 2 aromatic rings. The highest BCUT2D eigenvalue weighted by molar-refractivity contribution is 7.09. The third-order valence-electron chi connectivity index (χ3n) is 3.39. The average molecular weight is 388 g/mol. The Morgan fingerprint density at radius 3 is 2.62 bits per heavy atom. The van der Waals surface area contributed by atoms with Crippen LogP contribution >= 0.6 is 11.3 Å². The zero-order valence-corrected chi connectivity index (χ0v) is 15.1. The molecular formula is C16H19F3N4O2S. The fourth-order valence-electron chi connectivity index (χ4n) is 2.09. The summed E-state index contributed by atoms with van der Waals surface area (Å²) in [7, 11) is 3.13. The van der Waals surface area contributed by atoms with Crippen molar-refractivity contribution in [2.24, 2.45) is 10.7 Å². The van der Waals surface area contributed by atoms with Crippen LogP contribution in [0.25, 0.3) is 0 Å². The number of benzene rings is 1. The maximum Gasteiger partial charge on any atom is 0.434 e. The van der Waals surface area contributed by atoms with Crippen LogP contribution in [0.1, 0.15) is 16.3 Å². The highest BCUT2D eigenvalue weighted by atomic mass is 32.1. The standard InChI is InChI=1S/C16H19F3N4O2S/c1-24-11-4-3-10(7-12(11)25-2)5-6-21-15(20)22-8-14-23-13(9-26-14)16(17,18)19/h3-4,7,9H,5-6,8H2,1-2H3,(H3,20,21,22). The number of methoxy groups -OCH3 is 2. The molecule has 10 heteroatoms. The summed E-state index contributed by atoms with van der Waals surface area (Å²) in [5.41, 5.74) is 5.83. The van der Waals surface area contributed by atoms with E-state index in [1.807, 2.05) is 18.2 Å². The number of nitrogens with two attached hydrogens (primary N) is 1. The van der Waals surface area contributed by atoms with Crippen LogP contribution in [-0.2, 0) is 19.1 Å². The third kappa shape index (κ3) is 5.51. The number of guanidine groups is 1. The molecule has 0 amide bonds. The number of hydrogen-bond acceptors (Lipinski definition) is 5. The first-order chi connectivity index (χ1) is 12.3. The normalized spacial score (nSPS) is 12.1. The molecule has 1 aromatic heterocycles. The van der Waals surface area contributed by atoms with E-state index in [0.29, 0.717) is 24.5 Å². The number of ether oxygens (including phenoxy) is 2. The number of nitrogens with one attached hydrogen (secondary N) is 1. The molecule has 0 unspecified atom stereocenters. The summed E-state index contributed by atoms with van der Waals surface area (Å²) in [5, 5.41) is 4.13. The molecule has 3 N–H and O–H groups in total. The monoisotopic (exact) mass is 388 g/mol. The van der Waals surface area contributed by atoms with Crippen molar-refractivity contribution in [2.75, 3.05) is 20.8 Å². The van der Waals surface area contributed by atoms with Crippen LogP contribution in [-0.4, -0.2) is 31.7 Å². The molecule has 2 rings (SSSR count). The van der Waals surface area contributed by atoms with Crippen LogP contribution in [0.4, 0.5) is 13.2 Å². The highest BCUT2D eigenvalue weighted by Crippen LogP contribution is 2.30. The summed E-state index contributed by atoms with van der Waals surface area (Å²) in [5.74, 6) is 1.43. The Morgan fingerprint density at radius 1 is 1.27 bits per heavy atom. The maximum atomic E-state index is 12.5. The van der Waals surface area contributed by atoms with Crippen molar-refractivity contribution < 1.29 is 22.6 Å². The van der Waals surface area contributed by atoms with Crippen molar-refractivity contribution in [1.82, 2.24) is 10.3 Å². The van der Waals surface area contributed by atoms with Crippen LogP contribution in [0.5, 0.6) is 11.5 Å². The predicted molar refractivity (Wildman–Crippen MR) is 93.7 cm³/mol. The van der Waals surface area contributed by atoms with Crippen LogP contribution < -0.4 is 20.5 Å². The fourth-order valence-corrected chi connectivity index (χ4v) is 2.82. The molecule has 0 saturated heterocycles. The lowest BCUT2D eigenvalue weighted by Gasteiger charge is -2.10. The number of aliphatic imine (C=N–C) groups is 1. The summed E-state index contributed by atoms with van der Waals surface area (Å²) in [6.45, 7) is 0.506. The van der Waals surface area contributed by atoms with Gasteiger partial charge in [0.2, 0.25) is 0 Å². The lowest BCUT2D eigenvalue weighted by Crippen LogP contribution is -2.33. The van der Waals surface area contributed by atoms with Crippen LogP contribution in [0.3, 0.4) is 0 Å². The van der Waals surface area contributed by atoms with Gasteiger partial charge in [-0.25, -0.2) is 9.98 Å². The first-order valence-electron chi connectivity index (χ1n) is 7.59. The maximum absolute atomic E-state index is 12.5. The minimum atomic E-state index is -4.44. The van der Waals surface area contributed by atoms with Gasteiger partial charge in [0.25, 0.3) is 0 Å². The lowest BCUT2D eigenvalue weighted by atomic mass is 10.1. The van der Waals surface area contributed by atoms with E-state index >= 15 is 0 Å². The van der Waals surface area contributed by atoms with Crippen molar-refractivity contribution >= 4 is 17.3 Å². The average Bonchev–Trinajstić information content (AvgIpc) is 3.09. The van der Waals surface area contributed by atoms with Crippen LogP contribution in [0.15, 0.2) is 28.6 Å². The van der Waals surface area contributed by atoms with Crippen LogP contribution in [0, 0.1) is 0 Å². The predicted octanol–water partition coefficient (Wildman–Crippen LogP) is 2.83. The van der Waals surface area contributed by atoms with E-state index in [-0.39, 0.29) is 17.5 Å². The molecule has 1 aromatic carbocycles. The first kappa shape index (κ1) is 19.8. The third-order valence-corrected chi connectivity index (χ3v) is 4.23. The quantitative estimate of drug-likeness (QED) is 0.563. The van der Waals surface area contributed by atoms with E-state index in [1.54, 1.807) is 14.2 Å². The summed E-state index contributed by atoms with van der Waals surface area (Å²) in [6.07, 6.45) is -3.78.